The molecule has 6 N–H and O–H groups in total. The molecule has 0 aliphatic rings. The smallest absolute Gasteiger partial charge is 0.874 e. The number of hydrogen-bond donors (Lipinski definition) is 4. The molecule has 0 saturated heterocycles. The van der Waals surface area contributed by atoms with E-state index in [2.05, 4.69) is 31.1 Å². The molecule has 4 rings (SSSR count). The molecule has 0 spiro atoms. The van der Waals surface area contributed by atoms with Crippen LogP contribution in [0.15, 0.2) is 150 Å². The van der Waals surface area contributed by atoms with Crippen LogP contribution in [0.4, 0.5) is 22.7 Å². The van der Waals surface area contributed by atoms with Crippen LogP contribution in [-0.4, -0.2) is 28.6 Å². The molecule has 0 fully saturated rings. The first kappa shape index (κ1) is 47.0. The topological polar surface area (TPSA) is 320 Å². The molecule has 0 unspecified atom stereocenters. The van der Waals surface area contributed by atoms with Gasteiger partial charge in [0.05, 0.1) is 21.2 Å². The number of primary sulfonamides is 2. The second-order valence-corrected chi connectivity index (χ2v) is 13.3. The summed E-state index contributed by atoms with van der Waals surface area (Å²) in [7, 11) is -8.10. The predicted molar refractivity (Wildman–Crippen MR) is 179 cm³/mol. The van der Waals surface area contributed by atoms with Gasteiger partial charge in [-0.3, -0.25) is 9.59 Å². The van der Waals surface area contributed by atoms with Crippen LogP contribution in [0.5, 0.6) is 11.5 Å². The standard InChI is InChI=1S/2C16H16N4O5S.Co.Na/c2*1-10(21)15(16(23)18-11-5-3-2-4-6-11)20-19-13-9-12(26(17,24)25)7-8-14(13)22;;/h2*2-9,21-22H,1H3,(H,18,23)(H2,17,24,25);;/q;;+3;+1/p-4/b15-10+,20-19?;15-10-,20-19?;;. The number of carbonyl (C=O) groups excluding carboxylic acids is 2. The zero-order chi connectivity index (χ0) is 38.6. The number of azo groups is 2. The third-order valence-electron chi connectivity index (χ3n) is 6.19. The van der Waals surface area contributed by atoms with E-state index in [-0.39, 0.29) is 67.5 Å². The molecular weight excluding hydrogens is 802 g/mol. The number of amides is 2. The molecule has 0 heterocycles. The summed E-state index contributed by atoms with van der Waals surface area (Å²) in [5.74, 6) is -4.29. The maximum absolute atomic E-state index is 12.2. The van der Waals surface area contributed by atoms with E-state index >= 15 is 0 Å². The third kappa shape index (κ3) is 14.5. The molecule has 2 amide bonds. The fraction of sp³-hybridized carbons (Fsp3) is 0.0625. The van der Waals surface area contributed by atoms with E-state index in [1.54, 1.807) is 60.7 Å². The van der Waals surface area contributed by atoms with E-state index in [1.165, 1.54) is 0 Å². The number of nitrogens with zero attached hydrogens (tertiary/aromatic N) is 4. The summed E-state index contributed by atoms with van der Waals surface area (Å²) in [6, 6.07) is 22.5. The minimum atomic E-state index is -4.05. The van der Waals surface area contributed by atoms with Crippen LogP contribution in [0, 0.1) is 0 Å². The Morgan fingerprint density at radius 1 is 0.593 bits per heavy atom. The average molecular weight is 831 g/mol. The number of rotatable bonds is 10. The third-order valence-corrected chi connectivity index (χ3v) is 8.02. The molecule has 0 radical (unpaired) electrons. The summed E-state index contributed by atoms with van der Waals surface area (Å²) in [6.07, 6.45) is 0. The van der Waals surface area contributed by atoms with Crippen molar-refractivity contribution < 1.29 is 93.2 Å². The predicted octanol–water partition coefficient (Wildman–Crippen LogP) is -1.55. The van der Waals surface area contributed by atoms with Gasteiger partial charge in [0, 0.05) is 11.4 Å². The molecule has 54 heavy (non-hydrogen) atoms. The second-order valence-electron chi connectivity index (χ2n) is 10.2. The molecule has 0 aliphatic heterocycles. The van der Waals surface area contributed by atoms with Crippen molar-refractivity contribution in [2.75, 3.05) is 10.6 Å². The average Bonchev–Trinajstić information content (AvgIpc) is 3.06. The first-order valence-corrected chi connectivity index (χ1v) is 17.5. The normalized spacial score (nSPS) is 12.2. The van der Waals surface area contributed by atoms with Crippen molar-refractivity contribution in [1.29, 1.82) is 0 Å². The number of allylic oxidation sites excluding steroid dienone is 2. The zero-order valence-electron chi connectivity index (χ0n) is 28.4. The molecule has 18 nitrogen and oxygen atoms in total. The Morgan fingerprint density at radius 3 is 1.19 bits per heavy atom. The Balaban J connectivity index is 0.000000521. The van der Waals surface area contributed by atoms with Crippen molar-refractivity contribution >= 4 is 54.6 Å². The number of para-hydroxylation sites is 2. The number of benzene rings is 4. The molecule has 0 bridgehead atoms. The van der Waals surface area contributed by atoms with Gasteiger partial charge in [0.1, 0.15) is 11.4 Å². The number of nitrogens with one attached hydrogen (secondary N) is 2. The molecule has 22 heteroatoms. The second kappa shape index (κ2) is 21.1. The van der Waals surface area contributed by atoms with Gasteiger partial charge in [-0.05, 0) is 48.5 Å². The molecule has 278 valence electrons. The van der Waals surface area contributed by atoms with E-state index in [1.807, 2.05) is 0 Å². The van der Waals surface area contributed by atoms with Crippen molar-refractivity contribution in [3.63, 3.8) is 0 Å². The molecular formula is C32H28CoN8NaO10S2. The summed E-state index contributed by atoms with van der Waals surface area (Å²) >= 11 is 0. The van der Waals surface area contributed by atoms with Gasteiger partial charge < -0.3 is 31.1 Å². The Bertz CT molecular complexity index is 2140. The van der Waals surface area contributed by atoms with E-state index in [0.29, 0.717) is 11.4 Å². The van der Waals surface area contributed by atoms with Crippen LogP contribution >= 0.6 is 0 Å². The van der Waals surface area contributed by atoms with Crippen LogP contribution in [-0.2, 0) is 46.4 Å². The van der Waals surface area contributed by atoms with Crippen LogP contribution in [0.2, 0.25) is 0 Å². The van der Waals surface area contributed by atoms with Crippen molar-refractivity contribution in [1.82, 2.24) is 0 Å². The summed E-state index contributed by atoms with van der Waals surface area (Å²) in [5.41, 5.74) is -0.964. The maximum Gasteiger partial charge on any atom is 3.00 e. The van der Waals surface area contributed by atoms with Crippen LogP contribution < -0.4 is 70.9 Å². The van der Waals surface area contributed by atoms with Gasteiger partial charge in [-0.15, -0.1) is 21.7 Å². The molecule has 4 aromatic carbocycles. The first-order chi connectivity index (χ1) is 24.4. The van der Waals surface area contributed by atoms with E-state index in [4.69, 9.17) is 10.3 Å². The summed E-state index contributed by atoms with van der Waals surface area (Å²) < 4.78 is 45.3. The van der Waals surface area contributed by atoms with E-state index in [9.17, 15) is 46.9 Å². The van der Waals surface area contributed by atoms with Crippen molar-refractivity contribution in [2.24, 2.45) is 30.7 Å². The molecule has 0 atom stereocenters. The van der Waals surface area contributed by atoms with Gasteiger partial charge in [0.2, 0.25) is 20.0 Å². The maximum atomic E-state index is 12.2. The summed E-state index contributed by atoms with van der Waals surface area (Å²) in [5, 5.41) is 75.9. The number of carbonyl (C=O) groups is 2. The Kier molecular flexibility index (Phi) is 18.3. The number of nitrogens with two attached hydrogens (primary N) is 2. The number of sulfonamides is 2. The van der Waals surface area contributed by atoms with Crippen LogP contribution in [0.3, 0.4) is 0 Å². The fourth-order valence-corrected chi connectivity index (χ4v) is 4.75. The van der Waals surface area contributed by atoms with Crippen molar-refractivity contribution in [3.05, 3.63) is 120 Å². The fourth-order valence-electron chi connectivity index (χ4n) is 3.69. The Morgan fingerprint density at radius 2 is 0.907 bits per heavy atom. The first-order valence-electron chi connectivity index (χ1n) is 14.4. The Hall–Kier alpha value is -4.97. The van der Waals surface area contributed by atoms with Crippen LogP contribution in [0.25, 0.3) is 0 Å². The van der Waals surface area contributed by atoms with Gasteiger partial charge in [-0.2, -0.15) is 10.2 Å². The SMILES string of the molecule is C/C([O-])=C(/N=Nc1cc(S(N)(=O)=O)ccc1[O-])C(=O)Nc1ccccc1.C/C([O-])=C(\N=Nc1cc(S(N)(=O)=O)ccc1[O-])C(=O)Nc1ccccc1.[Co+3].[Na+]. The van der Waals surface area contributed by atoms with Gasteiger partial charge in [-0.25, -0.2) is 27.1 Å². The van der Waals surface area contributed by atoms with Crippen LogP contribution in [0.1, 0.15) is 13.8 Å². The Labute approximate surface area is 342 Å². The molecule has 0 saturated carbocycles. The molecule has 4 aromatic rings. The van der Waals surface area contributed by atoms with E-state index < -0.39 is 66.3 Å². The zero-order valence-corrected chi connectivity index (χ0v) is 33.1. The minimum Gasteiger partial charge on any atom is -0.874 e. The number of anilines is 2. The monoisotopic (exact) mass is 830 g/mol. The molecule has 0 aliphatic carbocycles. The van der Waals surface area contributed by atoms with Gasteiger partial charge in [0.15, 0.2) is 0 Å². The van der Waals surface area contributed by atoms with E-state index in [0.717, 1.165) is 50.2 Å². The number of hydrogen-bond acceptors (Lipinski definition) is 14. The van der Waals surface area contributed by atoms with Gasteiger partial charge in [-0.1, -0.05) is 73.9 Å². The molecule has 0 aromatic heterocycles. The van der Waals surface area contributed by atoms with Gasteiger partial charge >= 0.3 is 46.3 Å². The summed E-state index contributed by atoms with van der Waals surface area (Å²) in [4.78, 5) is 23.7. The summed E-state index contributed by atoms with van der Waals surface area (Å²) in [6.45, 7) is 2.22. The minimum absolute atomic E-state index is 0. The quantitative estimate of drug-likeness (QED) is 0.0617. The van der Waals surface area contributed by atoms with Crippen molar-refractivity contribution in [2.45, 2.75) is 23.6 Å². The van der Waals surface area contributed by atoms with Crippen molar-refractivity contribution in [3.8, 4) is 11.5 Å². The largest absolute Gasteiger partial charge is 3.00 e. The van der Waals surface area contributed by atoms with Gasteiger partial charge in [0.25, 0.3) is 11.8 Å².